The van der Waals surface area contributed by atoms with Gasteiger partial charge in [0.1, 0.15) is 11.4 Å². The van der Waals surface area contributed by atoms with Crippen LogP contribution in [-0.4, -0.2) is 55.2 Å². The van der Waals surface area contributed by atoms with Crippen LogP contribution in [0.2, 0.25) is 0 Å². The molecule has 0 aliphatic carbocycles. The first kappa shape index (κ1) is 23.3. The summed E-state index contributed by atoms with van der Waals surface area (Å²) in [6.45, 7) is 5.73. The summed E-state index contributed by atoms with van der Waals surface area (Å²) < 4.78 is 46.0. The number of alkyl halides is 3. The van der Waals surface area contributed by atoms with Crippen LogP contribution in [0, 0.1) is 5.92 Å². The lowest BCUT2D eigenvalue weighted by molar-refractivity contribution is -0.137. The van der Waals surface area contributed by atoms with Gasteiger partial charge in [0.2, 0.25) is 5.91 Å². The molecule has 34 heavy (non-hydrogen) atoms. The monoisotopic (exact) mass is 477 g/mol. The second-order valence-corrected chi connectivity index (χ2v) is 8.87. The summed E-state index contributed by atoms with van der Waals surface area (Å²) in [7, 11) is 0. The molecular formula is C21H22F3N7O3. The van der Waals surface area contributed by atoms with Crippen LogP contribution in [0.15, 0.2) is 30.6 Å². The van der Waals surface area contributed by atoms with Crippen molar-refractivity contribution in [2.75, 3.05) is 24.1 Å². The number of imidazole rings is 1. The molecule has 0 bridgehead atoms. The third kappa shape index (κ3) is 4.87. The van der Waals surface area contributed by atoms with Gasteiger partial charge in [-0.2, -0.15) is 18.3 Å². The molecule has 0 radical (unpaired) electrons. The fourth-order valence-corrected chi connectivity index (χ4v) is 3.29. The molecule has 1 aliphatic rings. The minimum atomic E-state index is -4.65. The first-order valence-electron chi connectivity index (χ1n) is 10.3. The number of hydrogen-bond donors (Lipinski definition) is 2. The number of ether oxygens (including phenoxy) is 1. The predicted octanol–water partition coefficient (Wildman–Crippen LogP) is 3.20. The number of nitrogen functional groups attached to an aromatic ring is 1. The van der Waals surface area contributed by atoms with E-state index in [0.717, 1.165) is 6.07 Å². The molecule has 13 heteroatoms. The highest BCUT2D eigenvalue weighted by Crippen LogP contribution is 2.34. The van der Waals surface area contributed by atoms with Crippen LogP contribution in [0.1, 0.15) is 26.3 Å². The van der Waals surface area contributed by atoms with Crippen molar-refractivity contribution in [1.82, 2.24) is 24.5 Å². The second kappa shape index (κ2) is 8.15. The van der Waals surface area contributed by atoms with E-state index in [1.165, 1.54) is 27.9 Å². The van der Waals surface area contributed by atoms with E-state index < -0.39 is 35.2 Å². The van der Waals surface area contributed by atoms with Gasteiger partial charge >= 0.3 is 12.3 Å². The van der Waals surface area contributed by atoms with Crippen LogP contribution in [0.4, 0.5) is 29.6 Å². The Morgan fingerprint density at radius 1 is 1.21 bits per heavy atom. The van der Waals surface area contributed by atoms with Crippen molar-refractivity contribution in [3.05, 3.63) is 36.2 Å². The number of carbonyl (C=O) groups is 2. The topological polar surface area (TPSA) is 128 Å². The number of fused-ring (bicyclic) bond motifs is 1. The molecule has 1 fully saturated rings. The number of amides is 2. The van der Waals surface area contributed by atoms with Gasteiger partial charge in [0.05, 0.1) is 23.4 Å². The van der Waals surface area contributed by atoms with Crippen molar-refractivity contribution in [3.8, 4) is 11.3 Å². The molecule has 180 valence electrons. The smallest absolute Gasteiger partial charge is 0.419 e. The Morgan fingerprint density at radius 3 is 2.56 bits per heavy atom. The summed E-state index contributed by atoms with van der Waals surface area (Å²) in [5, 5.41) is 6.93. The van der Waals surface area contributed by atoms with Crippen LogP contribution in [0.3, 0.4) is 0 Å². The minimum absolute atomic E-state index is 0.124. The van der Waals surface area contributed by atoms with E-state index in [9.17, 15) is 22.8 Å². The molecule has 0 atom stereocenters. The molecule has 0 saturated carbocycles. The molecule has 3 aromatic heterocycles. The van der Waals surface area contributed by atoms with Crippen molar-refractivity contribution in [1.29, 1.82) is 0 Å². The van der Waals surface area contributed by atoms with Gasteiger partial charge in [-0.1, -0.05) is 0 Å². The molecule has 2 amide bonds. The fourth-order valence-electron chi connectivity index (χ4n) is 3.29. The van der Waals surface area contributed by atoms with Gasteiger partial charge in [-0.15, -0.1) is 0 Å². The van der Waals surface area contributed by atoms with E-state index in [0.29, 0.717) is 5.65 Å². The number of anilines is 2. The summed E-state index contributed by atoms with van der Waals surface area (Å²) in [5.41, 5.74) is 4.40. The number of halogens is 3. The van der Waals surface area contributed by atoms with Crippen molar-refractivity contribution in [3.63, 3.8) is 0 Å². The highest BCUT2D eigenvalue weighted by molar-refractivity contribution is 5.93. The number of likely N-dealkylation sites (tertiary alicyclic amines) is 1. The number of rotatable bonds is 3. The molecule has 3 N–H and O–H groups in total. The Hall–Kier alpha value is -3.90. The number of hydrogen-bond acceptors (Lipinski definition) is 7. The Balaban J connectivity index is 1.44. The maximum absolute atomic E-state index is 13.1. The summed E-state index contributed by atoms with van der Waals surface area (Å²) in [6.07, 6.45) is -2.49. The largest absolute Gasteiger partial charge is 0.444 e. The molecule has 0 spiro atoms. The quantitative estimate of drug-likeness (QED) is 0.593. The van der Waals surface area contributed by atoms with Gasteiger partial charge in [0.15, 0.2) is 11.5 Å². The van der Waals surface area contributed by atoms with Gasteiger partial charge in [-0.05, 0) is 39.0 Å². The minimum Gasteiger partial charge on any atom is -0.444 e. The van der Waals surface area contributed by atoms with Gasteiger partial charge < -0.3 is 20.7 Å². The average Bonchev–Trinajstić information content (AvgIpc) is 3.06. The van der Waals surface area contributed by atoms with Crippen LogP contribution in [0.25, 0.3) is 16.9 Å². The van der Waals surface area contributed by atoms with Crippen molar-refractivity contribution >= 4 is 29.3 Å². The van der Waals surface area contributed by atoms with Crippen molar-refractivity contribution < 1.29 is 27.5 Å². The summed E-state index contributed by atoms with van der Waals surface area (Å²) >= 11 is 0. The average molecular weight is 477 g/mol. The van der Waals surface area contributed by atoms with Gasteiger partial charge in [-0.3, -0.25) is 4.79 Å². The molecule has 4 rings (SSSR count). The highest BCUT2D eigenvalue weighted by Gasteiger charge is 2.38. The lowest BCUT2D eigenvalue weighted by atomic mass is 10.00. The van der Waals surface area contributed by atoms with Gasteiger partial charge in [0, 0.05) is 24.8 Å². The molecule has 1 saturated heterocycles. The van der Waals surface area contributed by atoms with Gasteiger partial charge in [-0.25, -0.2) is 19.3 Å². The lowest BCUT2D eigenvalue weighted by Crippen LogP contribution is -2.55. The Labute approximate surface area is 191 Å². The Morgan fingerprint density at radius 2 is 1.91 bits per heavy atom. The molecule has 3 aromatic rings. The first-order valence-corrected chi connectivity index (χ1v) is 10.3. The van der Waals surface area contributed by atoms with Gasteiger partial charge in [0.25, 0.3) is 0 Å². The zero-order valence-corrected chi connectivity index (χ0v) is 18.6. The van der Waals surface area contributed by atoms with Crippen LogP contribution in [0.5, 0.6) is 0 Å². The van der Waals surface area contributed by atoms with E-state index >= 15 is 0 Å². The van der Waals surface area contributed by atoms with Crippen LogP contribution >= 0.6 is 0 Å². The van der Waals surface area contributed by atoms with E-state index in [4.69, 9.17) is 10.5 Å². The number of nitrogens with two attached hydrogens (primary N) is 1. The summed E-state index contributed by atoms with van der Waals surface area (Å²) in [5.74, 6) is -1.13. The number of pyridine rings is 1. The van der Waals surface area contributed by atoms with Crippen molar-refractivity contribution in [2.45, 2.75) is 32.5 Å². The molecular weight excluding hydrogens is 455 g/mol. The number of aromatic nitrogens is 4. The number of carbonyl (C=O) groups excluding carboxylic acids is 2. The zero-order chi connectivity index (χ0) is 24.8. The standard InChI is InChI=1S/C21H22F3N7O3/c1-20(2,3)34-19(33)30-8-12(9-30)18(32)28-15-10-31-16(27-15)5-4-14(29-31)11-6-13(21(22,23)24)17(25)26-7-11/h4-7,10,12H,8-9H2,1-3H3,(H2,25,26)(H,28,32). The van der Waals surface area contributed by atoms with E-state index in [1.54, 1.807) is 26.8 Å². The molecule has 1 aliphatic heterocycles. The van der Waals surface area contributed by atoms with Crippen LogP contribution < -0.4 is 11.1 Å². The zero-order valence-electron chi connectivity index (χ0n) is 18.6. The maximum Gasteiger partial charge on any atom is 0.419 e. The third-order valence-electron chi connectivity index (χ3n) is 5.00. The molecule has 0 unspecified atom stereocenters. The van der Waals surface area contributed by atoms with Crippen LogP contribution in [-0.2, 0) is 15.7 Å². The molecule has 10 nitrogen and oxygen atoms in total. The Bertz CT molecular complexity index is 1260. The first-order chi connectivity index (χ1) is 15.8. The second-order valence-electron chi connectivity index (χ2n) is 8.87. The summed E-state index contributed by atoms with van der Waals surface area (Å²) in [6, 6.07) is 3.92. The maximum atomic E-state index is 13.1. The molecule has 0 aromatic carbocycles. The Kier molecular flexibility index (Phi) is 5.58. The fraction of sp³-hybridized carbons (Fsp3) is 0.381. The normalized spacial score (nSPS) is 14.7. The predicted molar refractivity (Wildman–Crippen MR) is 116 cm³/mol. The third-order valence-corrected chi connectivity index (χ3v) is 5.00. The van der Waals surface area contributed by atoms with E-state index in [-0.39, 0.29) is 36.1 Å². The lowest BCUT2D eigenvalue weighted by Gasteiger charge is -2.38. The summed E-state index contributed by atoms with van der Waals surface area (Å²) in [4.78, 5) is 33.8. The highest BCUT2D eigenvalue weighted by atomic mass is 19.4. The number of nitrogens with one attached hydrogen (secondary N) is 1. The van der Waals surface area contributed by atoms with Crippen molar-refractivity contribution in [2.24, 2.45) is 5.92 Å². The van der Waals surface area contributed by atoms with E-state index in [1.807, 2.05) is 0 Å². The SMILES string of the molecule is CC(C)(C)OC(=O)N1CC(C(=O)Nc2cn3nc(-c4cnc(N)c(C(F)(F)F)c4)ccc3n2)C1. The van der Waals surface area contributed by atoms with E-state index in [2.05, 4.69) is 20.4 Å². The number of nitrogens with zero attached hydrogens (tertiary/aromatic N) is 5. The molecule has 4 heterocycles.